The predicted octanol–water partition coefficient (Wildman–Crippen LogP) is 8.00. The number of nitrogens with zero attached hydrogens (tertiary/aromatic N) is 6. The number of rotatable bonds is 6. The summed E-state index contributed by atoms with van der Waals surface area (Å²) in [5.74, 6) is 0.229. The van der Waals surface area contributed by atoms with Gasteiger partial charge in [0.1, 0.15) is 0 Å². The smallest absolute Gasteiger partial charge is 0.154 e. The Morgan fingerprint density at radius 3 is 1.33 bits per heavy atom. The molecule has 1 aliphatic rings. The second kappa shape index (κ2) is 50.7. The second-order valence-corrected chi connectivity index (χ2v) is 16.5. The molecule has 1 saturated heterocycles. The summed E-state index contributed by atoms with van der Waals surface area (Å²) in [5, 5.41) is 5.55. The van der Waals surface area contributed by atoms with Crippen LogP contribution in [0.15, 0.2) is 4.79 Å². The van der Waals surface area contributed by atoms with Crippen LogP contribution in [0.2, 0.25) is 10.0 Å². The summed E-state index contributed by atoms with van der Waals surface area (Å²) in [6.45, 7) is 31.9. The number of benzene rings is 1. The topological polar surface area (TPSA) is 79.3 Å². The fourth-order valence-corrected chi connectivity index (χ4v) is 7.11. The molecule has 8 nitrogen and oxygen atoms in total. The molecule has 19 radical (unpaired) electrons. The first-order valence-corrected chi connectivity index (χ1v) is 15.8. The standard InChI is InChI=1S/C34H49Cl2N6O2.19Y/c1-20-17-21(18-22(35)23(20)36)28(2,3)39-27-38-25-24(26(43)40(27)16)41(19-37-25)29(4,5)30(6,7)42-31(8,9)33(12,13)44-34(14,15)32(42,10)11;;;;;;;;;;;;;;;;;;;/h1-16H3,(H,38,39,43);;;;;;;;;;;;;;;;;;;/q-3;;;;;;;;;;;;;;;;;;;/p-1. The third kappa shape index (κ3) is 28.9. The molecular weight excluding hydrogens is 2280 g/mol. The second-order valence-electron chi connectivity index (χ2n) is 15.7. The molecule has 0 amide bonds. The fraction of sp³-hybridized carbons (Fsp3) is 0.676. The summed E-state index contributed by atoms with van der Waals surface area (Å²) in [6.07, 6.45) is 3.15. The maximum absolute atomic E-state index is 14.1. The monoisotopic (exact) mass is 2330 g/mol. The van der Waals surface area contributed by atoms with Gasteiger partial charge in [-0.25, -0.2) is 11.6 Å². The first-order chi connectivity index (χ1) is 19.6. The van der Waals surface area contributed by atoms with Gasteiger partial charge in [0.15, 0.2) is 5.56 Å². The van der Waals surface area contributed by atoms with E-state index >= 15 is 0 Å². The van der Waals surface area contributed by atoms with Crippen LogP contribution in [0, 0.1) is 25.4 Å². The molecule has 1 fully saturated rings. The largest absolute Gasteiger partial charge is 0.438 e. The number of fused-ring (bicyclic) bond motifs is 1. The van der Waals surface area contributed by atoms with Gasteiger partial charge in [-0.2, -0.15) is 10.0 Å². The van der Waals surface area contributed by atoms with Gasteiger partial charge in [0.2, 0.25) is 0 Å². The molecule has 3 heterocycles. The molecule has 63 heavy (non-hydrogen) atoms. The molecule has 0 atom stereocenters. The quantitative estimate of drug-likeness (QED) is 0.234. The molecule has 3 aromatic rings. The number of hydrogen-bond acceptors (Lipinski definition) is 5. The minimum Gasteiger partial charge on any atom is -0.438 e. The summed E-state index contributed by atoms with van der Waals surface area (Å²) >= 11 is 12.6. The summed E-state index contributed by atoms with van der Waals surface area (Å²) in [4.78, 5) is 26.0. The maximum atomic E-state index is 14.1. The Bertz CT molecular complexity index is 1680. The van der Waals surface area contributed by atoms with Gasteiger partial charge < -0.3 is 46.1 Å². The van der Waals surface area contributed by atoms with Crippen molar-refractivity contribution in [2.75, 3.05) is 0 Å². The minimum absolute atomic E-state index is 0. The van der Waals surface area contributed by atoms with E-state index in [0.29, 0.717) is 26.7 Å². The predicted molar refractivity (Wildman–Crippen MR) is 179 cm³/mol. The van der Waals surface area contributed by atoms with Crippen LogP contribution in [0.3, 0.4) is 0 Å². The van der Waals surface area contributed by atoms with E-state index in [2.05, 4.69) is 111 Å². The zero-order chi connectivity index (χ0) is 33.8. The molecule has 4 rings (SSSR count). The number of ether oxygens (including phenoxy) is 1. The first-order valence-electron chi connectivity index (χ1n) is 15.1. The molecule has 29 heteroatoms. The average molecular weight is 2330 g/mol. The number of aromatic nitrogens is 4. The van der Waals surface area contributed by atoms with Crippen LogP contribution in [-0.2, 0) is 644 Å². The summed E-state index contributed by atoms with van der Waals surface area (Å²) in [5.41, 5.74) is -2.08. The van der Waals surface area contributed by atoms with E-state index in [9.17, 15) is 4.79 Å². The zero-order valence-electron chi connectivity index (χ0n) is 40.2. The van der Waals surface area contributed by atoms with E-state index in [-0.39, 0.29) is 650 Å². The summed E-state index contributed by atoms with van der Waals surface area (Å²) in [7, 11) is 1.67. The van der Waals surface area contributed by atoms with E-state index in [0.717, 1.165) is 0 Å². The van der Waals surface area contributed by atoms with Crippen molar-refractivity contribution in [2.45, 2.75) is 143 Å². The third-order valence-electron chi connectivity index (χ3n) is 11.0. The molecule has 301 valence electrons. The van der Waals surface area contributed by atoms with Crippen LogP contribution in [0.1, 0.15) is 108 Å². The van der Waals surface area contributed by atoms with E-state index in [1.54, 1.807) is 7.05 Å². The van der Waals surface area contributed by atoms with E-state index in [1.165, 1.54) is 4.57 Å². The number of morpholine rings is 1. The molecule has 0 saturated carbocycles. The minimum atomic E-state index is -0.857. The SMILES string of the molecule is Cc1[c-]c(C(C)(C)[N-]c2nc3n[c-]n(C(C)(C)C(C)(C)N4C(C)(C)C(C)(C)OC(C)(C)C4(C)C)c3c(=O)n2C)[c-]c(Cl)c1Cl.[Y].[Y].[Y].[Y].[Y].[Y].[Y].[Y].[Y].[Y].[Y].[Y].[Y].[Y].[Y].[Y].[Y].[Y].[Y]. The van der Waals surface area contributed by atoms with Crippen molar-refractivity contribution in [3.05, 3.63) is 55.3 Å². The molecule has 0 unspecified atom stereocenters. The van der Waals surface area contributed by atoms with Crippen molar-refractivity contribution in [2.24, 2.45) is 7.05 Å². The Labute approximate surface area is 869 Å². The van der Waals surface area contributed by atoms with Crippen molar-refractivity contribution in [3.8, 4) is 0 Å². The van der Waals surface area contributed by atoms with Gasteiger partial charge in [-0.1, -0.05) is 20.8 Å². The number of aryl methyl sites for hydroxylation is 1. The molecule has 0 aliphatic carbocycles. The maximum Gasteiger partial charge on any atom is 0.154 e. The van der Waals surface area contributed by atoms with Crippen LogP contribution in [-0.4, -0.2) is 51.8 Å². The Hall–Kier alpha value is 18.8. The van der Waals surface area contributed by atoms with Gasteiger partial charge in [-0.15, -0.1) is 11.6 Å². The van der Waals surface area contributed by atoms with Crippen LogP contribution in [0.4, 0.5) is 5.95 Å². The van der Waals surface area contributed by atoms with Gasteiger partial charge in [-0.05, 0) is 107 Å². The fourth-order valence-electron chi connectivity index (χ4n) is 6.78. The molecule has 0 N–H and O–H groups in total. The molecule has 1 aliphatic heterocycles. The van der Waals surface area contributed by atoms with Crippen LogP contribution < -0.4 is 5.56 Å². The van der Waals surface area contributed by atoms with Crippen molar-refractivity contribution >= 4 is 40.3 Å². The number of imidazole rings is 1. The summed E-state index contributed by atoms with van der Waals surface area (Å²) in [6, 6.07) is 6.30. The molecular formula is C34H48Cl2N6O2Y19-4. The number of hydrogen-bond donors (Lipinski definition) is 0. The van der Waals surface area contributed by atoms with Gasteiger partial charge in [0.25, 0.3) is 0 Å². The Morgan fingerprint density at radius 1 is 0.619 bits per heavy atom. The van der Waals surface area contributed by atoms with Gasteiger partial charge in [0, 0.05) is 656 Å². The number of halogens is 2. The molecule has 0 bridgehead atoms. The van der Waals surface area contributed by atoms with E-state index < -0.39 is 27.8 Å². The van der Waals surface area contributed by atoms with Crippen molar-refractivity contribution in [3.63, 3.8) is 0 Å². The van der Waals surface area contributed by atoms with E-state index in [4.69, 9.17) is 38.2 Å². The Morgan fingerprint density at radius 2 is 0.984 bits per heavy atom. The Balaban J connectivity index is -0.0000000830. The van der Waals surface area contributed by atoms with Gasteiger partial charge in [0.05, 0.1) is 11.2 Å². The Kier molecular flexibility index (Phi) is 99.3. The zero-order valence-corrected chi connectivity index (χ0v) is 95.7. The van der Waals surface area contributed by atoms with Crippen molar-refractivity contribution < 1.29 is 626 Å². The van der Waals surface area contributed by atoms with Crippen LogP contribution >= 0.6 is 23.2 Å². The van der Waals surface area contributed by atoms with Gasteiger partial charge >= 0.3 is 0 Å². The van der Waals surface area contributed by atoms with Gasteiger partial charge in [-0.3, -0.25) is 16.0 Å². The van der Waals surface area contributed by atoms with Crippen LogP contribution in [0.25, 0.3) is 16.5 Å². The molecule has 2 aromatic heterocycles. The average Bonchev–Trinajstić information content (AvgIpc) is 3.27. The molecule has 1 aromatic carbocycles. The first kappa shape index (κ1) is 123. The van der Waals surface area contributed by atoms with Crippen molar-refractivity contribution in [1.29, 1.82) is 0 Å². The summed E-state index contributed by atoms with van der Waals surface area (Å²) < 4.78 is 10.1. The normalized spacial score (nSPS) is 14.1. The van der Waals surface area contributed by atoms with Crippen molar-refractivity contribution in [1.82, 2.24) is 24.0 Å². The molecule has 0 spiro atoms. The van der Waals surface area contributed by atoms with E-state index in [1.807, 2.05) is 25.3 Å². The third-order valence-corrected chi connectivity index (χ3v) is 11.8. The van der Waals surface area contributed by atoms with Crippen LogP contribution in [0.5, 0.6) is 0 Å².